The van der Waals surface area contributed by atoms with Crippen molar-refractivity contribution in [3.8, 4) is 0 Å². The van der Waals surface area contributed by atoms with Crippen LogP contribution in [0.15, 0.2) is 24.3 Å². The highest BCUT2D eigenvalue weighted by Gasteiger charge is 2.11. The molecule has 0 aliphatic rings. The maximum absolute atomic E-state index is 9.53. The first kappa shape index (κ1) is 15.0. The number of nitrogens with zero attached hydrogens (tertiary/aromatic N) is 1. The van der Waals surface area contributed by atoms with Crippen LogP contribution in [-0.2, 0) is 0 Å². The first-order valence-corrected chi connectivity index (χ1v) is 6.93. The van der Waals surface area contributed by atoms with E-state index < -0.39 is 0 Å². The molecule has 0 saturated carbocycles. The maximum atomic E-state index is 9.53. The lowest BCUT2D eigenvalue weighted by Crippen LogP contribution is -2.31. The van der Waals surface area contributed by atoms with E-state index in [1.807, 2.05) is 12.1 Å². The van der Waals surface area contributed by atoms with E-state index in [0.29, 0.717) is 11.8 Å². The van der Waals surface area contributed by atoms with Crippen LogP contribution in [0.1, 0.15) is 46.3 Å². The second-order valence-electron chi connectivity index (χ2n) is 5.96. The third-order valence-electron chi connectivity index (χ3n) is 2.91. The van der Waals surface area contributed by atoms with Gasteiger partial charge in [-0.05, 0) is 36.5 Å². The lowest BCUT2D eigenvalue weighted by Gasteiger charge is -2.28. The van der Waals surface area contributed by atoms with Crippen molar-refractivity contribution in [3.63, 3.8) is 0 Å². The number of hydrogen-bond donors (Lipinski definition) is 1. The summed E-state index contributed by atoms with van der Waals surface area (Å²) in [5, 5.41) is 9.53. The van der Waals surface area contributed by atoms with Gasteiger partial charge in [0.05, 0.1) is 6.10 Å². The molecule has 0 amide bonds. The Kier molecular flexibility index (Phi) is 5.67. The van der Waals surface area contributed by atoms with Crippen molar-refractivity contribution in [2.24, 2.45) is 11.8 Å². The lowest BCUT2D eigenvalue weighted by atomic mass is 10.1. The molecule has 18 heavy (non-hydrogen) atoms. The van der Waals surface area contributed by atoms with Crippen molar-refractivity contribution >= 4 is 5.69 Å². The van der Waals surface area contributed by atoms with Gasteiger partial charge in [-0.1, -0.05) is 39.8 Å². The van der Waals surface area contributed by atoms with Crippen LogP contribution in [0.5, 0.6) is 0 Å². The third-order valence-corrected chi connectivity index (χ3v) is 2.91. The van der Waals surface area contributed by atoms with Crippen LogP contribution in [0.4, 0.5) is 5.69 Å². The quantitative estimate of drug-likeness (QED) is 0.827. The molecule has 2 heteroatoms. The molecule has 0 spiro atoms. The molecular formula is C16H27NO. The number of rotatable bonds is 6. The van der Waals surface area contributed by atoms with Crippen LogP contribution in [0.25, 0.3) is 0 Å². The van der Waals surface area contributed by atoms with Gasteiger partial charge >= 0.3 is 0 Å². The van der Waals surface area contributed by atoms with E-state index in [0.717, 1.165) is 18.7 Å². The van der Waals surface area contributed by atoms with Crippen molar-refractivity contribution in [2.75, 3.05) is 18.0 Å². The van der Waals surface area contributed by atoms with Crippen molar-refractivity contribution in [1.82, 2.24) is 0 Å². The van der Waals surface area contributed by atoms with E-state index in [9.17, 15) is 5.11 Å². The standard InChI is InChI=1S/C16H27NO/c1-12(2)10-17(11-13(3)4)16-8-6-15(7-9-16)14(5)18/h6-9,12-14,18H,10-11H2,1-5H3. The number of anilines is 1. The summed E-state index contributed by atoms with van der Waals surface area (Å²) in [5.74, 6) is 1.31. The SMILES string of the molecule is CC(C)CN(CC(C)C)c1ccc(C(C)O)cc1. The molecule has 1 aromatic carbocycles. The van der Waals surface area contributed by atoms with Gasteiger partial charge in [0.25, 0.3) is 0 Å². The van der Waals surface area contributed by atoms with Gasteiger partial charge in [0.2, 0.25) is 0 Å². The van der Waals surface area contributed by atoms with Crippen LogP contribution < -0.4 is 4.90 Å². The molecule has 1 N–H and O–H groups in total. The van der Waals surface area contributed by atoms with Crippen molar-refractivity contribution in [1.29, 1.82) is 0 Å². The molecule has 0 aromatic heterocycles. The summed E-state index contributed by atoms with van der Waals surface area (Å²) in [6.45, 7) is 12.9. The highest BCUT2D eigenvalue weighted by Crippen LogP contribution is 2.21. The molecule has 1 aromatic rings. The summed E-state index contributed by atoms with van der Waals surface area (Å²) in [6.07, 6.45) is -0.386. The highest BCUT2D eigenvalue weighted by molar-refractivity contribution is 5.48. The molecule has 102 valence electrons. The summed E-state index contributed by atoms with van der Waals surface area (Å²) >= 11 is 0. The second-order valence-corrected chi connectivity index (χ2v) is 5.96. The Morgan fingerprint density at radius 1 is 0.889 bits per heavy atom. The largest absolute Gasteiger partial charge is 0.389 e. The summed E-state index contributed by atoms with van der Waals surface area (Å²) in [7, 11) is 0. The summed E-state index contributed by atoms with van der Waals surface area (Å²) in [6, 6.07) is 8.28. The Morgan fingerprint density at radius 2 is 1.33 bits per heavy atom. The molecule has 0 heterocycles. The van der Waals surface area contributed by atoms with Crippen LogP contribution in [0.2, 0.25) is 0 Å². The topological polar surface area (TPSA) is 23.5 Å². The van der Waals surface area contributed by atoms with Gasteiger partial charge in [0.1, 0.15) is 0 Å². The molecule has 1 atom stereocenters. The highest BCUT2D eigenvalue weighted by atomic mass is 16.3. The average molecular weight is 249 g/mol. The van der Waals surface area contributed by atoms with Gasteiger partial charge in [0.15, 0.2) is 0 Å². The molecule has 0 saturated heterocycles. The molecule has 0 bridgehead atoms. The Morgan fingerprint density at radius 3 is 1.67 bits per heavy atom. The Hall–Kier alpha value is -1.02. The fraction of sp³-hybridized carbons (Fsp3) is 0.625. The van der Waals surface area contributed by atoms with Gasteiger partial charge in [0, 0.05) is 18.8 Å². The summed E-state index contributed by atoms with van der Waals surface area (Å²) in [5.41, 5.74) is 2.23. The Labute approximate surface area is 112 Å². The predicted molar refractivity (Wildman–Crippen MR) is 79.0 cm³/mol. The average Bonchev–Trinajstić information content (AvgIpc) is 2.27. The third kappa shape index (κ3) is 4.69. The minimum absolute atomic E-state index is 0.386. The van der Waals surface area contributed by atoms with Gasteiger partial charge in [-0.15, -0.1) is 0 Å². The zero-order valence-corrected chi connectivity index (χ0v) is 12.4. The first-order valence-electron chi connectivity index (χ1n) is 6.93. The monoisotopic (exact) mass is 249 g/mol. The van der Waals surface area contributed by atoms with Gasteiger partial charge in [-0.3, -0.25) is 0 Å². The van der Waals surface area contributed by atoms with E-state index in [1.54, 1.807) is 6.92 Å². The van der Waals surface area contributed by atoms with Gasteiger partial charge < -0.3 is 10.0 Å². The van der Waals surface area contributed by atoms with Crippen LogP contribution in [0.3, 0.4) is 0 Å². The maximum Gasteiger partial charge on any atom is 0.0761 e. The van der Waals surface area contributed by atoms with Gasteiger partial charge in [-0.2, -0.15) is 0 Å². The molecule has 1 unspecified atom stereocenters. The van der Waals surface area contributed by atoms with Crippen LogP contribution in [-0.4, -0.2) is 18.2 Å². The fourth-order valence-corrected chi connectivity index (χ4v) is 2.13. The first-order chi connectivity index (χ1) is 8.40. The van der Waals surface area contributed by atoms with E-state index in [1.165, 1.54) is 5.69 Å². The van der Waals surface area contributed by atoms with Crippen molar-refractivity contribution in [2.45, 2.75) is 40.7 Å². The summed E-state index contributed by atoms with van der Waals surface area (Å²) in [4.78, 5) is 2.43. The minimum atomic E-state index is -0.386. The van der Waals surface area contributed by atoms with Crippen LogP contribution >= 0.6 is 0 Å². The number of benzene rings is 1. The molecule has 0 radical (unpaired) electrons. The molecular weight excluding hydrogens is 222 g/mol. The van der Waals surface area contributed by atoms with Crippen molar-refractivity contribution in [3.05, 3.63) is 29.8 Å². The number of aliphatic hydroxyl groups excluding tert-OH is 1. The van der Waals surface area contributed by atoms with E-state index in [2.05, 4.69) is 44.7 Å². The zero-order valence-electron chi connectivity index (χ0n) is 12.4. The molecule has 1 rings (SSSR count). The Balaban J connectivity index is 2.83. The zero-order chi connectivity index (χ0) is 13.7. The molecule has 2 nitrogen and oxygen atoms in total. The smallest absolute Gasteiger partial charge is 0.0761 e. The predicted octanol–water partition coefficient (Wildman–Crippen LogP) is 3.86. The van der Waals surface area contributed by atoms with E-state index >= 15 is 0 Å². The van der Waals surface area contributed by atoms with Crippen molar-refractivity contribution < 1.29 is 5.11 Å². The number of aliphatic hydroxyl groups is 1. The molecule has 0 fully saturated rings. The van der Waals surface area contributed by atoms with E-state index in [4.69, 9.17) is 0 Å². The normalized spacial score (nSPS) is 13.1. The lowest BCUT2D eigenvalue weighted by molar-refractivity contribution is 0.199. The summed E-state index contributed by atoms with van der Waals surface area (Å²) < 4.78 is 0. The fourth-order valence-electron chi connectivity index (χ4n) is 2.13. The molecule has 0 aliphatic heterocycles. The molecule has 0 aliphatic carbocycles. The second kappa shape index (κ2) is 6.79. The Bertz CT molecular complexity index is 331. The van der Waals surface area contributed by atoms with E-state index in [-0.39, 0.29) is 6.10 Å². The van der Waals surface area contributed by atoms with Gasteiger partial charge in [-0.25, -0.2) is 0 Å². The van der Waals surface area contributed by atoms with Crippen LogP contribution in [0, 0.1) is 11.8 Å². The minimum Gasteiger partial charge on any atom is -0.389 e. The number of hydrogen-bond acceptors (Lipinski definition) is 2.